The van der Waals surface area contributed by atoms with Crippen LogP contribution in [-0.4, -0.2) is 16.8 Å². The first kappa shape index (κ1) is 12.3. The smallest absolute Gasteiger partial charge is 0.231 e. The molecule has 0 saturated heterocycles. The molecular formula is C12H9Cl2N3O2. The summed E-state index contributed by atoms with van der Waals surface area (Å²) in [4.78, 5) is 7.80. The second kappa shape index (κ2) is 5.11. The van der Waals surface area contributed by atoms with Gasteiger partial charge in [0.15, 0.2) is 11.5 Å². The molecule has 1 aromatic carbocycles. The van der Waals surface area contributed by atoms with Crippen molar-refractivity contribution >= 4 is 29.0 Å². The molecule has 0 saturated carbocycles. The van der Waals surface area contributed by atoms with Gasteiger partial charge in [0.2, 0.25) is 12.1 Å². The number of nitrogens with one attached hydrogen (secondary N) is 1. The fourth-order valence-electron chi connectivity index (χ4n) is 1.71. The maximum Gasteiger partial charge on any atom is 0.231 e. The van der Waals surface area contributed by atoms with Gasteiger partial charge in [-0.15, -0.1) is 0 Å². The van der Waals surface area contributed by atoms with Crippen molar-refractivity contribution < 1.29 is 9.47 Å². The number of ether oxygens (including phenoxy) is 2. The van der Waals surface area contributed by atoms with Crippen LogP contribution in [0.4, 0.5) is 5.82 Å². The van der Waals surface area contributed by atoms with Crippen LogP contribution in [0.25, 0.3) is 0 Å². The second-order valence-corrected chi connectivity index (χ2v) is 4.62. The molecule has 2 heterocycles. The molecule has 1 aliphatic heterocycles. The fraction of sp³-hybridized carbons (Fsp3) is 0.167. The van der Waals surface area contributed by atoms with Gasteiger partial charge in [0.05, 0.1) is 6.20 Å². The molecule has 7 heteroatoms. The van der Waals surface area contributed by atoms with Crippen molar-refractivity contribution in [3.05, 3.63) is 40.3 Å². The summed E-state index contributed by atoms with van der Waals surface area (Å²) >= 11 is 11.7. The van der Waals surface area contributed by atoms with Gasteiger partial charge in [-0.1, -0.05) is 17.7 Å². The van der Waals surface area contributed by atoms with Gasteiger partial charge in [-0.05, 0) is 29.3 Å². The number of rotatable bonds is 3. The predicted octanol–water partition coefficient (Wildman–Crippen LogP) is 3.12. The van der Waals surface area contributed by atoms with Crippen LogP contribution in [0.15, 0.2) is 24.4 Å². The van der Waals surface area contributed by atoms with Crippen LogP contribution in [0.5, 0.6) is 11.5 Å². The van der Waals surface area contributed by atoms with E-state index in [0.29, 0.717) is 17.4 Å². The first-order valence-corrected chi connectivity index (χ1v) is 6.28. The minimum atomic E-state index is 0.151. The topological polar surface area (TPSA) is 56.3 Å². The third kappa shape index (κ3) is 2.67. The highest BCUT2D eigenvalue weighted by molar-refractivity contribution is 6.33. The van der Waals surface area contributed by atoms with Gasteiger partial charge in [0.1, 0.15) is 10.8 Å². The van der Waals surface area contributed by atoms with Gasteiger partial charge in [0, 0.05) is 6.54 Å². The van der Waals surface area contributed by atoms with Crippen LogP contribution in [0.2, 0.25) is 10.3 Å². The van der Waals surface area contributed by atoms with E-state index in [-0.39, 0.29) is 12.1 Å². The average Bonchev–Trinajstić information content (AvgIpc) is 2.87. The van der Waals surface area contributed by atoms with Crippen molar-refractivity contribution in [2.45, 2.75) is 6.54 Å². The van der Waals surface area contributed by atoms with Crippen molar-refractivity contribution in [2.75, 3.05) is 12.1 Å². The maximum atomic E-state index is 5.97. The molecule has 98 valence electrons. The van der Waals surface area contributed by atoms with Crippen molar-refractivity contribution in [3.63, 3.8) is 0 Å². The van der Waals surface area contributed by atoms with E-state index >= 15 is 0 Å². The van der Waals surface area contributed by atoms with Gasteiger partial charge in [0.25, 0.3) is 0 Å². The van der Waals surface area contributed by atoms with E-state index in [2.05, 4.69) is 15.3 Å². The van der Waals surface area contributed by atoms with Crippen molar-refractivity contribution in [3.8, 4) is 11.5 Å². The van der Waals surface area contributed by atoms with Crippen LogP contribution in [0, 0.1) is 0 Å². The summed E-state index contributed by atoms with van der Waals surface area (Å²) in [5.74, 6) is 2.00. The Morgan fingerprint density at radius 3 is 2.95 bits per heavy atom. The third-order valence-corrected chi connectivity index (χ3v) is 3.07. The van der Waals surface area contributed by atoms with Crippen LogP contribution in [0.1, 0.15) is 5.56 Å². The number of nitrogens with zero attached hydrogens (tertiary/aromatic N) is 2. The largest absolute Gasteiger partial charge is 0.454 e. The Balaban J connectivity index is 1.74. The molecule has 0 spiro atoms. The lowest BCUT2D eigenvalue weighted by Crippen LogP contribution is -2.02. The third-order valence-electron chi connectivity index (χ3n) is 2.61. The molecular weight excluding hydrogens is 289 g/mol. The van der Waals surface area contributed by atoms with Gasteiger partial charge in [-0.25, -0.2) is 4.98 Å². The Morgan fingerprint density at radius 1 is 1.21 bits per heavy atom. The molecule has 5 nitrogen and oxygen atoms in total. The first-order valence-electron chi connectivity index (χ1n) is 5.53. The number of halogens is 2. The van der Waals surface area contributed by atoms with E-state index in [0.717, 1.165) is 17.1 Å². The van der Waals surface area contributed by atoms with Gasteiger partial charge in [-0.2, -0.15) is 4.98 Å². The van der Waals surface area contributed by atoms with E-state index in [1.54, 1.807) is 0 Å². The molecule has 0 bridgehead atoms. The molecule has 0 amide bonds. The fourth-order valence-corrected chi connectivity index (χ4v) is 2.00. The predicted molar refractivity (Wildman–Crippen MR) is 71.9 cm³/mol. The molecule has 19 heavy (non-hydrogen) atoms. The highest BCUT2D eigenvalue weighted by Crippen LogP contribution is 2.32. The summed E-state index contributed by atoms with van der Waals surface area (Å²) in [6.45, 7) is 0.809. The minimum Gasteiger partial charge on any atom is -0.454 e. The molecule has 1 aliphatic rings. The zero-order valence-electron chi connectivity index (χ0n) is 9.69. The lowest BCUT2D eigenvalue weighted by Gasteiger charge is -2.08. The molecule has 2 aromatic rings. The number of hydrogen-bond donors (Lipinski definition) is 1. The van der Waals surface area contributed by atoms with Crippen LogP contribution >= 0.6 is 23.2 Å². The molecule has 3 rings (SSSR count). The second-order valence-electron chi connectivity index (χ2n) is 3.88. The van der Waals surface area contributed by atoms with E-state index in [1.165, 1.54) is 6.20 Å². The summed E-state index contributed by atoms with van der Waals surface area (Å²) in [5, 5.41) is 3.67. The van der Waals surface area contributed by atoms with Gasteiger partial charge in [-0.3, -0.25) is 0 Å². The summed E-state index contributed by atoms with van der Waals surface area (Å²) in [5.41, 5.74) is 1.02. The van der Waals surface area contributed by atoms with Gasteiger partial charge < -0.3 is 14.8 Å². The van der Waals surface area contributed by atoms with E-state index in [4.69, 9.17) is 32.7 Å². The number of anilines is 1. The number of aromatic nitrogens is 2. The Kier molecular flexibility index (Phi) is 3.31. The minimum absolute atomic E-state index is 0.151. The lowest BCUT2D eigenvalue weighted by atomic mass is 10.2. The highest BCUT2D eigenvalue weighted by atomic mass is 35.5. The monoisotopic (exact) mass is 297 g/mol. The normalized spacial score (nSPS) is 12.5. The SMILES string of the molecule is Clc1ncc(Cl)c(NCc2ccc3c(c2)OCO3)n1. The van der Waals surface area contributed by atoms with E-state index < -0.39 is 0 Å². The van der Waals surface area contributed by atoms with Crippen LogP contribution in [0.3, 0.4) is 0 Å². The lowest BCUT2D eigenvalue weighted by molar-refractivity contribution is 0.174. The van der Waals surface area contributed by atoms with E-state index in [9.17, 15) is 0 Å². The molecule has 0 fully saturated rings. The molecule has 1 aromatic heterocycles. The number of benzene rings is 1. The Hall–Kier alpha value is -1.72. The summed E-state index contributed by atoms with van der Waals surface area (Å²) in [7, 11) is 0. The average molecular weight is 298 g/mol. The molecule has 0 unspecified atom stereocenters. The zero-order valence-corrected chi connectivity index (χ0v) is 11.2. The standard InChI is InChI=1S/C12H9Cl2N3O2/c13-8-5-16-12(14)17-11(8)15-4-7-1-2-9-10(3-7)19-6-18-9/h1-3,5H,4,6H2,(H,15,16,17). The van der Waals surface area contributed by atoms with Crippen molar-refractivity contribution in [1.82, 2.24) is 9.97 Å². The summed E-state index contributed by atoms with van der Waals surface area (Å²) < 4.78 is 10.6. The molecule has 1 N–H and O–H groups in total. The first-order chi connectivity index (χ1) is 9.22. The maximum absolute atomic E-state index is 5.97. The van der Waals surface area contributed by atoms with Crippen molar-refractivity contribution in [2.24, 2.45) is 0 Å². The molecule has 0 atom stereocenters. The molecule has 0 aliphatic carbocycles. The Labute approximate surface area is 119 Å². The molecule has 0 radical (unpaired) electrons. The van der Waals surface area contributed by atoms with Crippen molar-refractivity contribution in [1.29, 1.82) is 0 Å². The summed E-state index contributed by atoms with van der Waals surface area (Å²) in [6, 6.07) is 5.72. The number of hydrogen-bond acceptors (Lipinski definition) is 5. The van der Waals surface area contributed by atoms with E-state index in [1.807, 2.05) is 18.2 Å². The quantitative estimate of drug-likeness (QED) is 0.882. The Bertz CT molecular complexity index is 622. The van der Waals surface area contributed by atoms with Gasteiger partial charge >= 0.3 is 0 Å². The highest BCUT2D eigenvalue weighted by Gasteiger charge is 2.13. The van der Waals surface area contributed by atoms with Crippen LogP contribution < -0.4 is 14.8 Å². The zero-order chi connectivity index (χ0) is 13.2. The Morgan fingerprint density at radius 2 is 2.05 bits per heavy atom. The number of fused-ring (bicyclic) bond motifs is 1. The summed E-state index contributed by atoms with van der Waals surface area (Å²) in [6.07, 6.45) is 1.46. The van der Waals surface area contributed by atoms with Crippen LogP contribution in [-0.2, 0) is 6.54 Å².